The van der Waals surface area contributed by atoms with E-state index in [4.69, 9.17) is 9.47 Å². The lowest BCUT2D eigenvalue weighted by molar-refractivity contribution is -0.143. The number of rotatable bonds is 7. The fraction of sp³-hybridized carbons (Fsp3) is 0.227. The number of thioether (sulfide) groups is 1. The van der Waals surface area contributed by atoms with Gasteiger partial charge in [0.2, 0.25) is 0 Å². The highest BCUT2D eigenvalue weighted by Gasteiger charge is 2.36. The summed E-state index contributed by atoms with van der Waals surface area (Å²) >= 11 is 2.92. The van der Waals surface area contributed by atoms with Crippen LogP contribution in [0.2, 0.25) is 0 Å². The normalized spacial score (nSPS) is 14.8. The van der Waals surface area contributed by atoms with Gasteiger partial charge in [0.1, 0.15) is 13.2 Å². The Balaban J connectivity index is 1.83. The molecule has 0 radical (unpaired) electrons. The molecule has 1 saturated heterocycles. The van der Waals surface area contributed by atoms with Gasteiger partial charge < -0.3 is 14.2 Å². The molecule has 2 aromatic carbocycles. The summed E-state index contributed by atoms with van der Waals surface area (Å²) in [5.41, 5.74) is 2.88. The van der Waals surface area contributed by atoms with Gasteiger partial charge in [0.25, 0.3) is 11.1 Å². The smallest absolute Gasteiger partial charge is 0.325 e. The van der Waals surface area contributed by atoms with Crippen LogP contribution in [0, 0.1) is 10.5 Å². The first kappa shape index (κ1) is 23.1. The van der Waals surface area contributed by atoms with Gasteiger partial charge in [-0.2, -0.15) is 0 Å². The number of halogens is 1. The number of aryl methyl sites for hydroxylation is 1. The second kappa shape index (κ2) is 10.2. The Morgan fingerprint density at radius 1 is 1.19 bits per heavy atom. The van der Waals surface area contributed by atoms with Crippen molar-refractivity contribution in [2.24, 2.45) is 0 Å². The molecule has 1 heterocycles. The van der Waals surface area contributed by atoms with E-state index in [-0.39, 0.29) is 4.91 Å². The van der Waals surface area contributed by atoms with Gasteiger partial charge in [0, 0.05) is 0 Å². The van der Waals surface area contributed by atoms with E-state index in [0.717, 1.165) is 31.4 Å². The molecule has 1 aliphatic heterocycles. The van der Waals surface area contributed by atoms with Crippen LogP contribution in [0.15, 0.2) is 41.3 Å². The SMILES string of the molecule is COC(=O)CN1C(=O)S/C(=C\c2cc(I)c(OCc3ccccc3C)c(OC)c2)C1=O. The molecule has 0 N–H and O–H groups in total. The van der Waals surface area contributed by atoms with Crippen LogP contribution < -0.4 is 9.47 Å². The minimum Gasteiger partial charge on any atom is -0.493 e. The summed E-state index contributed by atoms with van der Waals surface area (Å²) in [5.74, 6) is -0.0769. The average molecular weight is 553 g/mol. The second-order valence-corrected chi connectivity index (χ2v) is 8.75. The van der Waals surface area contributed by atoms with E-state index in [1.165, 1.54) is 7.11 Å². The molecule has 7 nitrogen and oxygen atoms in total. The summed E-state index contributed by atoms with van der Waals surface area (Å²) in [4.78, 5) is 37.2. The molecule has 0 spiro atoms. The summed E-state index contributed by atoms with van der Waals surface area (Å²) in [7, 11) is 2.74. The Morgan fingerprint density at radius 2 is 1.94 bits per heavy atom. The highest BCUT2D eigenvalue weighted by molar-refractivity contribution is 14.1. The molecular formula is C22H20INO6S. The van der Waals surface area contributed by atoms with Crippen LogP contribution in [0.5, 0.6) is 11.5 Å². The van der Waals surface area contributed by atoms with E-state index in [9.17, 15) is 14.4 Å². The van der Waals surface area contributed by atoms with E-state index < -0.39 is 23.7 Å². The van der Waals surface area contributed by atoms with Crippen LogP contribution in [0.25, 0.3) is 6.08 Å². The number of hydrogen-bond acceptors (Lipinski definition) is 7. The number of carbonyl (C=O) groups is 3. The van der Waals surface area contributed by atoms with Crippen LogP contribution in [-0.2, 0) is 20.9 Å². The summed E-state index contributed by atoms with van der Waals surface area (Å²) in [5, 5.41) is -0.513. The summed E-state index contributed by atoms with van der Waals surface area (Å²) in [6.45, 7) is 2.01. The zero-order valence-electron chi connectivity index (χ0n) is 17.1. The summed E-state index contributed by atoms with van der Waals surface area (Å²) in [6.07, 6.45) is 1.60. The lowest BCUT2D eigenvalue weighted by atomic mass is 10.1. The van der Waals surface area contributed by atoms with E-state index in [2.05, 4.69) is 27.3 Å². The lowest BCUT2D eigenvalue weighted by Gasteiger charge is -2.15. The zero-order chi connectivity index (χ0) is 22.5. The molecule has 3 rings (SSSR count). The van der Waals surface area contributed by atoms with E-state index >= 15 is 0 Å². The molecule has 9 heteroatoms. The first-order valence-electron chi connectivity index (χ1n) is 9.21. The maximum absolute atomic E-state index is 12.5. The number of nitrogens with zero attached hydrogens (tertiary/aromatic N) is 1. The monoisotopic (exact) mass is 553 g/mol. The fourth-order valence-corrected chi connectivity index (χ4v) is 4.49. The van der Waals surface area contributed by atoms with Crippen LogP contribution >= 0.6 is 34.4 Å². The maximum atomic E-state index is 12.5. The van der Waals surface area contributed by atoms with E-state index in [1.807, 2.05) is 37.3 Å². The van der Waals surface area contributed by atoms with Gasteiger partial charge in [-0.15, -0.1) is 0 Å². The third-order valence-corrected chi connectivity index (χ3v) is 6.28. The zero-order valence-corrected chi connectivity index (χ0v) is 20.1. The van der Waals surface area contributed by atoms with Crippen molar-refractivity contribution >= 4 is 57.5 Å². The maximum Gasteiger partial charge on any atom is 0.325 e. The molecule has 31 heavy (non-hydrogen) atoms. The number of amides is 2. The number of esters is 1. The molecule has 2 amide bonds. The van der Waals surface area contributed by atoms with Gasteiger partial charge in [-0.3, -0.25) is 19.3 Å². The van der Waals surface area contributed by atoms with Crippen LogP contribution in [0.3, 0.4) is 0 Å². The molecular weight excluding hydrogens is 533 g/mol. The van der Waals surface area contributed by atoms with Gasteiger partial charge in [-0.1, -0.05) is 24.3 Å². The number of hydrogen-bond donors (Lipinski definition) is 0. The average Bonchev–Trinajstić information content (AvgIpc) is 3.00. The Kier molecular flexibility index (Phi) is 7.60. The Bertz CT molecular complexity index is 1070. The Hall–Kier alpha value is -2.53. The van der Waals surface area contributed by atoms with Gasteiger partial charge in [0.15, 0.2) is 11.5 Å². The summed E-state index contributed by atoms with van der Waals surface area (Å²) in [6, 6.07) is 11.5. The Morgan fingerprint density at radius 3 is 2.61 bits per heavy atom. The van der Waals surface area contributed by atoms with Crippen molar-refractivity contribution in [3.05, 3.63) is 61.6 Å². The molecule has 0 saturated carbocycles. The van der Waals surface area contributed by atoms with Crippen LogP contribution in [0.4, 0.5) is 4.79 Å². The molecule has 0 aliphatic carbocycles. The molecule has 162 valence electrons. The number of ether oxygens (including phenoxy) is 3. The minimum absolute atomic E-state index is 0.223. The molecule has 0 unspecified atom stereocenters. The molecule has 1 aliphatic rings. The van der Waals surface area contributed by atoms with Crippen molar-refractivity contribution in [3.63, 3.8) is 0 Å². The van der Waals surface area contributed by atoms with Crippen molar-refractivity contribution in [3.8, 4) is 11.5 Å². The molecule has 0 bridgehead atoms. The predicted octanol–water partition coefficient (Wildman–Crippen LogP) is 4.40. The van der Waals surface area contributed by atoms with E-state index in [0.29, 0.717) is 23.7 Å². The second-order valence-electron chi connectivity index (χ2n) is 6.59. The number of imide groups is 1. The van der Waals surface area contributed by atoms with Gasteiger partial charge in [0.05, 0.1) is 22.7 Å². The van der Waals surface area contributed by atoms with Crippen molar-refractivity contribution in [2.45, 2.75) is 13.5 Å². The van der Waals surface area contributed by atoms with Crippen molar-refractivity contribution in [1.29, 1.82) is 0 Å². The Labute approximate surface area is 197 Å². The number of benzene rings is 2. The quantitative estimate of drug-likeness (QED) is 0.286. The number of carbonyl (C=O) groups excluding carboxylic acids is 3. The fourth-order valence-electron chi connectivity index (χ4n) is 2.87. The molecule has 1 fully saturated rings. The van der Waals surface area contributed by atoms with Crippen LogP contribution in [0.1, 0.15) is 16.7 Å². The standard InChI is InChI=1S/C22H20INO6S/c1-13-6-4-5-7-15(13)12-30-20-16(23)8-14(9-17(20)28-2)10-18-21(26)24(22(27)31-18)11-19(25)29-3/h4-10H,11-12H2,1-3H3/b18-10-. The van der Waals surface area contributed by atoms with Gasteiger partial charge in [-0.25, -0.2) is 0 Å². The first-order valence-corrected chi connectivity index (χ1v) is 11.1. The number of methoxy groups -OCH3 is 2. The molecule has 0 aromatic heterocycles. The predicted molar refractivity (Wildman–Crippen MR) is 126 cm³/mol. The minimum atomic E-state index is -0.657. The lowest BCUT2D eigenvalue weighted by Crippen LogP contribution is -2.34. The van der Waals surface area contributed by atoms with Gasteiger partial charge >= 0.3 is 5.97 Å². The first-order chi connectivity index (χ1) is 14.8. The third kappa shape index (κ3) is 5.40. The van der Waals surface area contributed by atoms with Crippen molar-refractivity contribution in [2.75, 3.05) is 20.8 Å². The van der Waals surface area contributed by atoms with Gasteiger partial charge in [-0.05, 0) is 76.2 Å². The summed E-state index contributed by atoms with van der Waals surface area (Å²) < 4.78 is 16.9. The topological polar surface area (TPSA) is 82.1 Å². The molecule has 2 aromatic rings. The van der Waals surface area contributed by atoms with Crippen molar-refractivity contribution < 1.29 is 28.6 Å². The largest absolute Gasteiger partial charge is 0.493 e. The third-order valence-electron chi connectivity index (χ3n) is 4.57. The van der Waals surface area contributed by atoms with Crippen LogP contribution in [-0.4, -0.2) is 42.8 Å². The van der Waals surface area contributed by atoms with E-state index in [1.54, 1.807) is 19.3 Å². The van der Waals surface area contributed by atoms with Crippen molar-refractivity contribution in [1.82, 2.24) is 4.90 Å². The molecule has 0 atom stereocenters. The highest BCUT2D eigenvalue weighted by Crippen LogP contribution is 2.37. The highest BCUT2D eigenvalue weighted by atomic mass is 127.